The summed E-state index contributed by atoms with van der Waals surface area (Å²) in [6.45, 7) is 2.22. The Hall–Kier alpha value is -0.570. The molecule has 15 heavy (non-hydrogen) atoms. The molecule has 2 atom stereocenters. The summed E-state index contributed by atoms with van der Waals surface area (Å²) in [7, 11) is 1.37. The molecule has 1 fully saturated rings. The molecule has 1 aliphatic rings. The molecule has 0 spiro atoms. The van der Waals surface area contributed by atoms with E-state index in [1.54, 1.807) is 0 Å². The third-order valence-corrected chi connectivity index (χ3v) is 3.10. The Bertz CT molecular complexity index is 191. The van der Waals surface area contributed by atoms with Gasteiger partial charge in [0, 0.05) is 0 Å². The van der Waals surface area contributed by atoms with Gasteiger partial charge in [0.25, 0.3) is 0 Å². The summed E-state index contributed by atoms with van der Waals surface area (Å²) in [6.07, 6.45) is 8.29. The van der Waals surface area contributed by atoms with Gasteiger partial charge in [-0.1, -0.05) is 39.0 Å². The van der Waals surface area contributed by atoms with Crippen LogP contribution in [0.5, 0.6) is 0 Å². The van der Waals surface area contributed by atoms with Gasteiger partial charge in [-0.25, -0.2) is 4.79 Å². The van der Waals surface area contributed by atoms with Crippen LogP contribution in [0.25, 0.3) is 0 Å². The standard InChI is InChI=1S/C12H22O3/c1-3-4-5-6-7-10-8-11(10)9-12(13)15-14-2/h10-11H,3-9H2,1-2H3. The van der Waals surface area contributed by atoms with Crippen molar-refractivity contribution in [2.45, 2.75) is 51.9 Å². The van der Waals surface area contributed by atoms with Crippen molar-refractivity contribution in [3.63, 3.8) is 0 Å². The largest absolute Gasteiger partial charge is 0.342 e. The van der Waals surface area contributed by atoms with Crippen molar-refractivity contribution in [1.82, 2.24) is 0 Å². The normalized spacial score (nSPS) is 23.9. The Kier molecular flexibility index (Phi) is 5.69. The molecule has 0 saturated heterocycles. The predicted molar refractivity (Wildman–Crippen MR) is 58.1 cm³/mol. The van der Waals surface area contributed by atoms with Crippen LogP contribution in [0.15, 0.2) is 0 Å². The highest BCUT2D eigenvalue weighted by atomic mass is 17.2. The number of rotatable bonds is 8. The molecular weight excluding hydrogens is 192 g/mol. The molecule has 0 heterocycles. The van der Waals surface area contributed by atoms with E-state index < -0.39 is 0 Å². The summed E-state index contributed by atoms with van der Waals surface area (Å²) >= 11 is 0. The molecule has 0 bridgehead atoms. The lowest BCUT2D eigenvalue weighted by atomic mass is 10.1. The van der Waals surface area contributed by atoms with Crippen molar-refractivity contribution < 1.29 is 14.6 Å². The van der Waals surface area contributed by atoms with E-state index in [9.17, 15) is 4.79 Å². The van der Waals surface area contributed by atoms with Crippen LogP contribution in [0.3, 0.4) is 0 Å². The fourth-order valence-corrected chi connectivity index (χ4v) is 2.09. The summed E-state index contributed by atoms with van der Waals surface area (Å²) < 4.78 is 0. The summed E-state index contributed by atoms with van der Waals surface area (Å²) in [5, 5.41) is 0. The maximum Gasteiger partial charge on any atom is 0.342 e. The van der Waals surface area contributed by atoms with Gasteiger partial charge in [-0.15, -0.1) is 0 Å². The smallest absolute Gasteiger partial charge is 0.299 e. The lowest BCUT2D eigenvalue weighted by Crippen LogP contribution is -2.04. The first-order valence-corrected chi connectivity index (χ1v) is 6.01. The molecule has 3 nitrogen and oxygen atoms in total. The second-order valence-corrected chi connectivity index (χ2v) is 4.43. The van der Waals surface area contributed by atoms with Crippen LogP contribution in [0.2, 0.25) is 0 Å². The topological polar surface area (TPSA) is 35.5 Å². The van der Waals surface area contributed by atoms with Crippen molar-refractivity contribution >= 4 is 5.97 Å². The second kappa shape index (κ2) is 6.83. The molecule has 0 aromatic heterocycles. The van der Waals surface area contributed by atoms with E-state index in [0.717, 1.165) is 5.92 Å². The van der Waals surface area contributed by atoms with Crippen LogP contribution in [-0.4, -0.2) is 13.1 Å². The fourth-order valence-electron chi connectivity index (χ4n) is 2.09. The Morgan fingerprint density at radius 3 is 2.73 bits per heavy atom. The van der Waals surface area contributed by atoms with Crippen LogP contribution in [0, 0.1) is 11.8 Å². The van der Waals surface area contributed by atoms with Gasteiger partial charge in [-0.05, 0) is 18.3 Å². The van der Waals surface area contributed by atoms with Crippen LogP contribution in [0.4, 0.5) is 0 Å². The number of carbonyl (C=O) groups excluding carboxylic acids is 1. The van der Waals surface area contributed by atoms with E-state index in [2.05, 4.69) is 16.7 Å². The van der Waals surface area contributed by atoms with Gasteiger partial charge in [0.2, 0.25) is 0 Å². The third kappa shape index (κ3) is 5.17. The van der Waals surface area contributed by atoms with Crippen molar-refractivity contribution in [2.24, 2.45) is 11.8 Å². The maximum absolute atomic E-state index is 11.1. The molecule has 1 saturated carbocycles. The molecule has 88 valence electrons. The van der Waals surface area contributed by atoms with E-state index in [4.69, 9.17) is 0 Å². The van der Waals surface area contributed by atoms with Crippen LogP contribution in [0.1, 0.15) is 51.9 Å². The molecule has 3 heteroatoms. The Morgan fingerprint density at radius 1 is 1.27 bits per heavy atom. The van der Waals surface area contributed by atoms with E-state index >= 15 is 0 Å². The van der Waals surface area contributed by atoms with Gasteiger partial charge in [0.1, 0.15) is 0 Å². The zero-order valence-electron chi connectivity index (χ0n) is 9.83. The summed E-state index contributed by atoms with van der Waals surface area (Å²) in [5.74, 6) is 1.11. The summed E-state index contributed by atoms with van der Waals surface area (Å²) in [4.78, 5) is 19.8. The van der Waals surface area contributed by atoms with E-state index in [1.807, 2.05) is 0 Å². The highest BCUT2D eigenvalue weighted by molar-refractivity contribution is 5.69. The van der Waals surface area contributed by atoms with Gasteiger partial charge in [-0.2, -0.15) is 4.89 Å². The minimum atomic E-state index is -0.224. The summed E-state index contributed by atoms with van der Waals surface area (Å²) in [6, 6.07) is 0. The Labute approximate surface area is 92.1 Å². The molecule has 0 aliphatic heterocycles. The van der Waals surface area contributed by atoms with E-state index in [0.29, 0.717) is 12.3 Å². The van der Waals surface area contributed by atoms with Gasteiger partial charge < -0.3 is 0 Å². The first-order valence-electron chi connectivity index (χ1n) is 6.01. The van der Waals surface area contributed by atoms with Crippen LogP contribution < -0.4 is 0 Å². The molecule has 2 unspecified atom stereocenters. The average Bonchev–Trinajstić information content (AvgIpc) is 2.92. The Morgan fingerprint density at radius 2 is 2.07 bits per heavy atom. The lowest BCUT2D eigenvalue weighted by Gasteiger charge is -2.00. The zero-order chi connectivity index (χ0) is 11.1. The SMILES string of the molecule is CCCCCCC1CC1CC(=O)OOC. The first kappa shape index (κ1) is 12.5. The van der Waals surface area contributed by atoms with Gasteiger partial charge in [0.05, 0.1) is 13.5 Å². The average molecular weight is 214 g/mol. The van der Waals surface area contributed by atoms with Crippen molar-refractivity contribution in [3.8, 4) is 0 Å². The molecule has 1 aliphatic carbocycles. The molecule has 0 N–H and O–H groups in total. The van der Waals surface area contributed by atoms with E-state index in [-0.39, 0.29) is 5.97 Å². The van der Waals surface area contributed by atoms with Gasteiger partial charge in [0.15, 0.2) is 0 Å². The lowest BCUT2D eigenvalue weighted by molar-refractivity contribution is -0.255. The second-order valence-electron chi connectivity index (χ2n) is 4.43. The molecular formula is C12H22O3. The molecule has 1 rings (SSSR count). The quantitative estimate of drug-likeness (QED) is 0.354. The minimum Gasteiger partial charge on any atom is -0.299 e. The highest BCUT2D eigenvalue weighted by Gasteiger charge is 2.38. The molecule has 0 radical (unpaired) electrons. The highest BCUT2D eigenvalue weighted by Crippen LogP contribution is 2.44. The maximum atomic E-state index is 11.1. The van der Waals surface area contributed by atoms with Crippen molar-refractivity contribution in [3.05, 3.63) is 0 Å². The monoisotopic (exact) mass is 214 g/mol. The minimum absolute atomic E-state index is 0.224. The van der Waals surface area contributed by atoms with E-state index in [1.165, 1.54) is 45.6 Å². The number of carbonyl (C=O) groups is 1. The fraction of sp³-hybridized carbons (Fsp3) is 0.917. The molecule has 0 aromatic carbocycles. The number of hydrogen-bond acceptors (Lipinski definition) is 3. The Balaban J connectivity index is 1.95. The van der Waals surface area contributed by atoms with Gasteiger partial charge in [-0.3, -0.25) is 4.89 Å². The third-order valence-electron chi connectivity index (χ3n) is 3.10. The van der Waals surface area contributed by atoms with Crippen LogP contribution >= 0.6 is 0 Å². The first-order chi connectivity index (χ1) is 7.27. The van der Waals surface area contributed by atoms with Crippen molar-refractivity contribution in [2.75, 3.05) is 7.11 Å². The number of unbranched alkanes of at least 4 members (excludes halogenated alkanes) is 3. The predicted octanol–water partition coefficient (Wildman–Crippen LogP) is 3.09. The summed E-state index contributed by atoms with van der Waals surface area (Å²) in [5.41, 5.74) is 0. The molecule has 0 aromatic rings. The zero-order valence-corrected chi connectivity index (χ0v) is 9.83. The number of hydrogen-bond donors (Lipinski definition) is 0. The van der Waals surface area contributed by atoms with Gasteiger partial charge >= 0.3 is 5.97 Å². The molecule has 0 amide bonds. The van der Waals surface area contributed by atoms with Crippen molar-refractivity contribution in [1.29, 1.82) is 0 Å². The van der Waals surface area contributed by atoms with Crippen LogP contribution in [-0.2, 0) is 14.6 Å².